The Morgan fingerprint density at radius 2 is 1.73 bits per heavy atom. The molecule has 5 rings (SSSR count). The number of anilines is 1. The van der Waals surface area contributed by atoms with Gasteiger partial charge in [0.2, 0.25) is 17.7 Å². The Hall–Kier alpha value is -2.37. The third-order valence-corrected chi connectivity index (χ3v) is 7.39. The summed E-state index contributed by atoms with van der Waals surface area (Å²) in [7, 11) is 0. The molecule has 30 heavy (non-hydrogen) atoms. The van der Waals surface area contributed by atoms with Crippen LogP contribution in [0.1, 0.15) is 24.3 Å². The molecule has 2 bridgehead atoms. The first-order valence-electron chi connectivity index (χ1n) is 10.1. The van der Waals surface area contributed by atoms with Crippen molar-refractivity contribution in [3.63, 3.8) is 0 Å². The van der Waals surface area contributed by atoms with Crippen LogP contribution in [0.2, 0.25) is 10.0 Å². The Kier molecular flexibility index (Phi) is 4.83. The predicted octanol–water partition coefficient (Wildman–Crippen LogP) is 4.36. The number of nitrogens with zero attached hydrogens (tertiary/aromatic N) is 1. The maximum absolute atomic E-state index is 13.1. The molecule has 1 saturated heterocycles. The van der Waals surface area contributed by atoms with Gasteiger partial charge in [-0.1, -0.05) is 53.5 Å². The first-order chi connectivity index (χ1) is 14.4. The summed E-state index contributed by atoms with van der Waals surface area (Å²) < 4.78 is 0. The molecule has 2 aromatic carbocycles. The summed E-state index contributed by atoms with van der Waals surface area (Å²) in [4.78, 5) is 39.8. The van der Waals surface area contributed by atoms with Crippen LogP contribution in [0.4, 0.5) is 5.69 Å². The lowest BCUT2D eigenvalue weighted by atomic mass is 9.73. The fourth-order valence-corrected chi connectivity index (χ4v) is 6.14. The number of benzene rings is 2. The number of carbonyl (C=O) groups excluding carboxylic acids is 3. The van der Waals surface area contributed by atoms with Gasteiger partial charge in [-0.05, 0) is 54.4 Å². The van der Waals surface area contributed by atoms with Crippen LogP contribution in [0.15, 0.2) is 48.5 Å². The van der Waals surface area contributed by atoms with Crippen molar-refractivity contribution in [1.29, 1.82) is 0 Å². The van der Waals surface area contributed by atoms with Crippen LogP contribution in [0, 0.1) is 23.7 Å². The van der Waals surface area contributed by atoms with Crippen LogP contribution in [0.3, 0.4) is 0 Å². The molecule has 1 aliphatic heterocycles. The molecule has 2 aliphatic carbocycles. The Morgan fingerprint density at radius 1 is 1.00 bits per heavy atom. The number of hydrogen-bond donors (Lipinski definition) is 1. The molecule has 0 aromatic heterocycles. The van der Waals surface area contributed by atoms with Crippen molar-refractivity contribution in [3.8, 4) is 0 Å². The van der Waals surface area contributed by atoms with E-state index in [1.165, 1.54) is 11.6 Å². The lowest BCUT2D eigenvalue weighted by Crippen LogP contribution is -2.39. The third kappa shape index (κ3) is 3.12. The van der Waals surface area contributed by atoms with Gasteiger partial charge in [0.25, 0.3) is 0 Å². The number of fused-ring (bicyclic) bond motifs is 5. The zero-order chi connectivity index (χ0) is 21.0. The SMILES string of the molecule is O=C(CN1C(=O)[C@H]2[C@H]3C[C@@H]([C@@H]2C1=O)[C@H](c1ccccc1)C3)Nc1ccc(Cl)cc1Cl. The lowest BCUT2D eigenvalue weighted by molar-refractivity contribution is -0.143. The highest BCUT2D eigenvalue weighted by atomic mass is 35.5. The Morgan fingerprint density at radius 3 is 2.47 bits per heavy atom. The fraction of sp³-hybridized carbons (Fsp3) is 0.348. The van der Waals surface area contributed by atoms with Crippen molar-refractivity contribution >= 4 is 46.6 Å². The van der Waals surface area contributed by atoms with Gasteiger partial charge in [0.05, 0.1) is 22.5 Å². The minimum absolute atomic E-state index is 0.164. The monoisotopic (exact) mass is 442 g/mol. The normalized spacial score (nSPS) is 29.4. The summed E-state index contributed by atoms with van der Waals surface area (Å²) >= 11 is 12.0. The quantitative estimate of drug-likeness (QED) is 0.715. The molecule has 3 amide bonds. The van der Waals surface area contributed by atoms with Crippen LogP contribution < -0.4 is 5.32 Å². The molecule has 1 heterocycles. The molecule has 3 fully saturated rings. The molecule has 1 N–H and O–H groups in total. The van der Waals surface area contributed by atoms with Gasteiger partial charge in [-0.2, -0.15) is 0 Å². The van der Waals surface area contributed by atoms with Crippen LogP contribution in [-0.4, -0.2) is 29.2 Å². The number of hydrogen-bond acceptors (Lipinski definition) is 3. The van der Waals surface area contributed by atoms with Gasteiger partial charge in [-0.15, -0.1) is 0 Å². The summed E-state index contributed by atoms with van der Waals surface area (Å²) in [5.41, 5.74) is 1.63. The highest BCUT2D eigenvalue weighted by molar-refractivity contribution is 6.36. The Labute approximate surface area is 184 Å². The fourth-order valence-electron chi connectivity index (χ4n) is 5.68. The van der Waals surface area contributed by atoms with E-state index in [-0.39, 0.29) is 42.0 Å². The van der Waals surface area contributed by atoms with E-state index in [4.69, 9.17) is 23.2 Å². The number of nitrogens with one attached hydrogen (secondary N) is 1. The van der Waals surface area contributed by atoms with Gasteiger partial charge in [-0.3, -0.25) is 19.3 Å². The van der Waals surface area contributed by atoms with E-state index in [9.17, 15) is 14.4 Å². The van der Waals surface area contributed by atoms with Crippen molar-refractivity contribution in [2.24, 2.45) is 23.7 Å². The number of likely N-dealkylation sites (tertiary alicyclic amines) is 1. The topological polar surface area (TPSA) is 66.5 Å². The van der Waals surface area contributed by atoms with Gasteiger partial charge in [0, 0.05) is 5.02 Å². The minimum Gasteiger partial charge on any atom is -0.323 e. The van der Waals surface area contributed by atoms with E-state index >= 15 is 0 Å². The summed E-state index contributed by atoms with van der Waals surface area (Å²) in [5, 5.41) is 3.43. The van der Waals surface area contributed by atoms with Crippen molar-refractivity contribution in [1.82, 2.24) is 4.90 Å². The Bertz CT molecular complexity index is 1040. The van der Waals surface area contributed by atoms with E-state index in [1.807, 2.05) is 18.2 Å². The number of halogens is 2. The first-order valence-corrected chi connectivity index (χ1v) is 10.8. The maximum atomic E-state index is 13.1. The summed E-state index contributed by atoms with van der Waals surface area (Å²) in [6.45, 7) is -0.293. The highest BCUT2D eigenvalue weighted by Crippen LogP contribution is 2.61. The van der Waals surface area contributed by atoms with E-state index in [0.29, 0.717) is 21.7 Å². The van der Waals surface area contributed by atoms with Crippen LogP contribution in [-0.2, 0) is 14.4 Å². The van der Waals surface area contributed by atoms with Gasteiger partial charge in [0.1, 0.15) is 6.54 Å². The van der Waals surface area contributed by atoms with E-state index in [1.54, 1.807) is 12.1 Å². The molecule has 2 saturated carbocycles. The molecule has 5 atom stereocenters. The van der Waals surface area contributed by atoms with Crippen LogP contribution >= 0.6 is 23.2 Å². The van der Waals surface area contributed by atoms with E-state index in [0.717, 1.165) is 17.7 Å². The van der Waals surface area contributed by atoms with E-state index in [2.05, 4.69) is 17.4 Å². The average Bonchev–Trinajstić information content (AvgIpc) is 3.39. The summed E-state index contributed by atoms with van der Waals surface area (Å²) in [6, 6.07) is 14.9. The standard InChI is InChI=1S/C23H20Cl2N2O3/c24-14-6-7-18(17(25)10-14)26-19(28)11-27-22(29)20-13-8-15(12-4-2-1-3-5-12)16(9-13)21(20)23(27)30/h1-7,10,13,15-16,20-21H,8-9,11H2,(H,26,28)/t13-,15+,16-,20+,21+/m1/s1. The average molecular weight is 443 g/mol. The smallest absolute Gasteiger partial charge is 0.244 e. The zero-order valence-corrected chi connectivity index (χ0v) is 17.6. The molecule has 7 heteroatoms. The van der Waals surface area contributed by atoms with Gasteiger partial charge in [-0.25, -0.2) is 0 Å². The summed E-state index contributed by atoms with van der Waals surface area (Å²) in [5.74, 6) is -0.790. The molecule has 154 valence electrons. The van der Waals surface area contributed by atoms with E-state index < -0.39 is 5.91 Å². The van der Waals surface area contributed by atoms with Crippen molar-refractivity contribution in [2.75, 3.05) is 11.9 Å². The first kappa shape index (κ1) is 19.6. The molecular weight excluding hydrogens is 423 g/mol. The van der Waals surface area contributed by atoms with Crippen molar-refractivity contribution in [2.45, 2.75) is 18.8 Å². The molecule has 0 radical (unpaired) electrons. The number of carbonyl (C=O) groups is 3. The number of imide groups is 1. The van der Waals surface area contributed by atoms with Crippen LogP contribution in [0.5, 0.6) is 0 Å². The minimum atomic E-state index is -0.451. The predicted molar refractivity (Wildman–Crippen MR) is 114 cm³/mol. The second-order valence-electron chi connectivity index (χ2n) is 8.40. The highest BCUT2D eigenvalue weighted by Gasteiger charge is 2.63. The molecule has 5 nitrogen and oxygen atoms in total. The third-order valence-electron chi connectivity index (χ3n) is 6.84. The second-order valence-corrected chi connectivity index (χ2v) is 9.24. The van der Waals surface area contributed by atoms with Gasteiger partial charge >= 0.3 is 0 Å². The maximum Gasteiger partial charge on any atom is 0.244 e. The number of rotatable bonds is 4. The number of amides is 3. The molecule has 3 aliphatic rings. The largest absolute Gasteiger partial charge is 0.323 e. The second kappa shape index (κ2) is 7.40. The molecule has 2 aromatic rings. The van der Waals surface area contributed by atoms with Gasteiger partial charge in [0.15, 0.2) is 0 Å². The Balaban J connectivity index is 1.31. The zero-order valence-electron chi connectivity index (χ0n) is 16.1. The summed E-state index contributed by atoms with van der Waals surface area (Å²) in [6.07, 6.45) is 1.84. The lowest BCUT2D eigenvalue weighted by Gasteiger charge is -2.28. The molecule has 0 spiro atoms. The molecular formula is C23H20Cl2N2O3. The van der Waals surface area contributed by atoms with Gasteiger partial charge < -0.3 is 5.32 Å². The molecule has 0 unspecified atom stereocenters. The van der Waals surface area contributed by atoms with Crippen molar-refractivity contribution < 1.29 is 14.4 Å². The van der Waals surface area contributed by atoms with Crippen LogP contribution in [0.25, 0.3) is 0 Å². The van der Waals surface area contributed by atoms with Crippen molar-refractivity contribution in [3.05, 3.63) is 64.1 Å².